The third kappa shape index (κ3) is 2.16. The maximum atomic E-state index is 5.46. The van der Waals surface area contributed by atoms with Crippen LogP contribution in [0.2, 0.25) is 0 Å². The molecule has 21 heavy (non-hydrogen) atoms. The molecule has 2 aliphatic carbocycles. The zero-order chi connectivity index (χ0) is 14.4. The van der Waals surface area contributed by atoms with Crippen LogP contribution < -0.4 is 0 Å². The molecule has 0 N–H and O–H groups in total. The molecule has 0 amide bonds. The van der Waals surface area contributed by atoms with Crippen LogP contribution in [0.15, 0.2) is 11.8 Å². The SMILES string of the molecule is CC(C)C12CCC1C(N1CC=C(N3CCOCC3)CC1)C2. The van der Waals surface area contributed by atoms with Crippen LogP contribution in [-0.4, -0.2) is 55.2 Å². The molecule has 0 aromatic heterocycles. The molecule has 3 nitrogen and oxygen atoms in total. The van der Waals surface area contributed by atoms with Crippen molar-refractivity contribution in [1.29, 1.82) is 0 Å². The van der Waals surface area contributed by atoms with Crippen LogP contribution in [-0.2, 0) is 4.74 Å². The minimum Gasteiger partial charge on any atom is -0.378 e. The minimum absolute atomic E-state index is 0.735. The van der Waals surface area contributed by atoms with Gasteiger partial charge in [0.05, 0.1) is 13.2 Å². The van der Waals surface area contributed by atoms with Gasteiger partial charge in [-0.1, -0.05) is 19.9 Å². The van der Waals surface area contributed by atoms with Gasteiger partial charge in [-0.3, -0.25) is 4.90 Å². The molecule has 3 atom stereocenters. The Hall–Kier alpha value is -0.540. The summed E-state index contributed by atoms with van der Waals surface area (Å²) in [5.74, 6) is 1.90. The highest BCUT2D eigenvalue weighted by molar-refractivity contribution is 5.16. The molecule has 3 unspecified atom stereocenters. The highest BCUT2D eigenvalue weighted by Crippen LogP contribution is 2.66. The molecule has 3 heteroatoms. The lowest BCUT2D eigenvalue weighted by Crippen LogP contribution is -2.66. The number of morpholine rings is 1. The molecule has 4 aliphatic rings. The molecule has 0 radical (unpaired) electrons. The monoisotopic (exact) mass is 290 g/mol. The van der Waals surface area contributed by atoms with Gasteiger partial charge in [-0.25, -0.2) is 0 Å². The fraction of sp³-hybridized carbons (Fsp3) is 0.889. The first-order valence-electron chi connectivity index (χ1n) is 8.96. The quantitative estimate of drug-likeness (QED) is 0.795. The van der Waals surface area contributed by atoms with Crippen molar-refractivity contribution >= 4 is 0 Å². The molecular weight excluding hydrogens is 260 g/mol. The van der Waals surface area contributed by atoms with Gasteiger partial charge in [-0.15, -0.1) is 0 Å². The molecule has 2 aliphatic heterocycles. The highest BCUT2D eigenvalue weighted by atomic mass is 16.5. The van der Waals surface area contributed by atoms with Crippen molar-refractivity contribution < 1.29 is 4.74 Å². The molecule has 4 rings (SSSR count). The summed E-state index contributed by atoms with van der Waals surface area (Å²) in [5, 5.41) is 0. The Kier molecular flexibility index (Phi) is 3.54. The first-order chi connectivity index (χ1) is 10.2. The molecule has 3 fully saturated rings. The van der Waals surface area contributed by atoms with Crippen LogP contribution in [0.3, 0.4) is 0 Å². The van der Waals surface area contributed by atoms with Crippen LogP contribution in [0.1, 0.15) is 39.5 Å². The number of ether oxygens (including phenoxy) is 1. The minimum atomic E-state index is 0.735. The third-order valence-electron chi connectivity index (χ3n) is 6.97. The van der Waals surface area contributed by atoms with Crippen molar-refractivity contribution in [3.63, 3.8) is 0 Å². The second-order valence-electron chi connectivity index (χ2n) is 7.84. The largest absolute Gasteiger partial charge is 0.378 e. The van der Waals surface area contributed by atoms with Crippen LogP contribution in [0.5, 0.6) is 0 Å². The topological polar surface area (TPSA) is 15.7 Å². The van der Waals surface area contributed by atoms with E-state index in [1.807, 2.05) is 0 Å². The fourth-order valence-electron chi connectivity index (χ4n) is 5.33. The Morgan fingerprint density at radius 2 is 2.05 bits per heavy atom. The average Bonchev–Trinajstić information content (AvgIpc) is 2.50. The summed E-state index contributed by atoms with van der Waals surface area (Å²) >= 11 is 0. The Morgan fingerprint density at radius 3 is 2.57 bits per heavy atom. The van der Waals surface area contributed by atoms with E-state index in [9.17, 15) is 0 Å². The number of fused-ring (bicyclic) bond motifs is 1. The maximum absolute atomic E-state index is 5.46. The van der Waals surface area contributed by atoms with Gasteiger partial charge >= 0.3 is 0 Å². The van der Waals surface area contributed by atoms with Crippen molar-refractivity contribution in [2.75, 3.05) is 39.4 Å². The lowest BCUT2D eigenvalue weighted by Gasteiger charge is -2.68. The molecule has 2 saturated carbocycles. The van der Waals surface area contributed by atoms with Gasteiger partial charge in [0.1, 0.15) is 0 Å². The smallest absolute Gasteiger partial charge is 0.0642 e. The summed E-state index contributed by atoms with van der Waals surface area (Å²) in [4.78, 5) is 5.32. The van der Waals surface area contributed by atoms with Gasteiger partial charge in [0.15, 0.2) is 0 Å². The van der Waals surface area contributed by atoms with E-state index in [1.54, 1.807) is 5.70 Å². The highest BCUT2D eigenvalue weighted by Gasteiger charge is 2.62. The molecule has 2 heterocycles. The number of hydrogen-bond acceptors (Lipinski definition) is 3. The van der Waals surface area contributed by atoms with Crippen molar-refractivity contribution in [3.8, 4) is 0 Å². The van der Waals surface area contributed by atoms with Gasteiger partial charge < -0.3 is 9.64 Å². The van der Waals surface area contributed by atoms with Gasteiger partial charge in [0, 0.05) is 37.9 Å². The lowest BCUT2D eigenvalue weighted by molar-refractivity contribution is -0.177. The van der Waals surface area contributed by atoms with E-state index in [1.165, 1.54) is 38.8 Å². The van der Waals surface area contributed by atoms with E-state index in [-0.39, 0.29) is 0 Å². The van der Waals surface area contributed by atoms with E-state index < -0.39 is 0 Å². The van der Waals surface area contributed by atoms with Crippen LogP contribution in [0.4, 0.5) is 0 Å². The Bertz CT molecular complexity index is 427. The summed E-state index contributed by atoms with van der Waals surface area (Å²) < 4.78 is 5.46. The Balaban J connectivity index is 1.35. The third-order valence-corrected chi connectivity index (χ3v) is 6.97. The van der Waals surface area contributed by atoms with E-state index in [0.717, 1.165) is 49.6 Å². The van der Waals surface area contributed by atoms with Gasteiger partial charge in [-0.2, -0.15) is 0 Å². The van der Waals surface area contributed by atoms with Crippen LogP contribution in [0.25, 0.3) is 0 Å². The number of rotatable bonds is 3. The molecule has 0 spiro atoms. The summed E-state index contributed by atoms with van der Waals surface area (Å²) in [7, 11) is 0. The van der Waals surface area contributed by atoms with Crippen molar-refractivity contribution in [2.24, 2.45) is 17.3 Å². The zero-order valence-corrected chi connectivity index (χ0v) is 13.7. The number of nitrogens with zero attached hydrogens (tertiary/aromatic N) is 2. The van der Waals surface area contributed by atoms with E-state index in [4.69, 9.17) is 4.74 Å². The maximum Gasteiger partial charge on any atom is 0.0642 e. The fourth-order valence-corrected chi connectivity index (χ4v) is 5.33. The second-order valence-corrected chi connectivity index (χ2v) is 7.84. The standard InChI is InChI=1S/C18H30N2O/c1-14(2)18-6-3-16(18)17(13-18)20-7-4-15(5-8-20)19-9-11-21-12-10-19/h4,14,16-17H,3,5-13H2,1-2H3. The first-order valence-corrected chi connectivity index (χ1v) is 8.96. The van der Waals surface area contributed by atoms with Crippen LogP contribution >= 0.6 is 0 Å². The van der Waals surface area contributed by atoms with Crippen molar-refractivity contribution in [1.82, 2.24) is 9.80 Å². The van der Waals surface area contributed by atoms with Crippen LogP contribution in [0, 0.1) is 17.3 Å². The molecular formula is C18H30N2O. The summed E-state index contributed by atoms with van der Waals surface area (Å²) in [6, 6.07) is 0.892. The second kappa shape index (κ2) is 5.27. The Morgan fingerprint density at radius 1 is 1.24 bits per heavy atom. The summed E-state index contributed by atoms with van der Waals surface area (Å²) in [5.41, 5.74) is 2.32. The average molecular weight is 290 g/mol. The molecule has 1 saturated heterocycles. The zero-order valence-electron chi connectivity index (χ0n) is 13.7. The van der Waals surface area contributed by atoms with E-state index >= 15 is 0 Å². The van der Waals surface area contributed by atoms with Gasteiger partial charge in [0.25, 0.3) is 0 Å². The molecule has 0 bridgehead atoms. The normalized spacial score (nSPS) is 40.3. The van der Waals surface area contributed by atoms with Gasteiger partial charge in [-0.05, 0) is 42.9 Å². The first kappa shape index (κ1) is 14.1. The summed E-state index contributed by atoms with van der Waals surface area (Å²) in [6.07, 6.45) is 8.20. The van der Waals surface area contributed by atoms with Gasteiger partial charge in [0.2, 0.25) is 0 Å². The van der Waals surface area contributed by atoms with E-state index in [2.05, 4.69) is 29.7 Å². The molecule has 118 valence electrons. The predicted octanol–water partition coefficient (Wildman–Crippen LogP) is 2.73. The molecule has 0 aromatic carbocycles. The summed E-state index contributed by atoms with van der Waals surface area (Å²) in [6.45, 7) is 11.3. The Labute approximate surface area is 129 Å². The van der Waals surface area contributed by atoms with Crippen molar-refractivity contribution in [3.05, 3.63) is 11.8 Å². The lowest BCUT2D eigenvalue weighted by atomic mass is 9.41. The van der Waals surface area contributed by atoms with E-state index in [0.29, 0.717) is 0 Å². The molecule has 0 aromatic rings. The number of hydrogen-bond donors (Lipinski definition) is 0. The van der Waals surface area contributed by atoms with Crippen molar-refractivity contribution in [2.45, 2.75) is 45.6 Å². The predicted molar refractivity (Wildman–Crippen MR) is 85.1 cm³/mol.